The van der Waals surface area contributed by atoms with Crippen LogP contribution in [0.1, 0.15) is 30.4 Å². The van der Waals surface area contributed by atoms with Crippen molar-refractivity contribution in [2.24, 2.45) is 5.73 Å². The summed E-state index contributed by atoms with van der Waals surface area (Å²) >= 11 is 0. The highest BCUT2D eigenvalue weighted by Gasteiger charge is 1.98. The predicted octanol–water partition coefficient (Wildman–Crippen LogP) is 0.535. The molecule has 0 aromatic carbocycles. The number of hydrogen-bond acceptors (Lipinski definition) is 5. The van der Waals surface area contributed by atoms with Gasteiger partial charge in [-0.15, -0.1) is 0 Å². The number of hydrogen-bond donors (Lipinski definition) is 1. The van der Waals surface area contributed by atoms with Crippen molar-refractivity contribution in [2.45, 2.75) is 19.8 Å². The van der Waals surface area contributed by atoms with Crippen LogP contribution in [0.3, 0.4) is 0 Å². The van der Waals surface area contributed by atoms with Crippen LogP contribution >= 0.6 is 0 Å². The number of amides is 1. The Bertz CT molecular complexity index is 327. The summed E-state index contributed by atoms with van der Waals surface area (Å²) in [5, 5.41) is 0. The highest BCUT2D eigenvalue weighted by Crippen LogP contribution is 1.86. The highest BCUT2D eigenvalue weighted by atomic mass is 16.5. The summed E-state index contributed by atoms with van der Waals surface area (Å²) in [5.41, 5.74) is 4.85. The fourth-order valence-electron chi connectivity index (χ4n) is 0.733. The van der Waals surface area contributed by atoms with Gasteiger partial charge < -0.3 is 10.5 Å². The summed E-state index contributed by atoms with van der Waals surface area (Å²) in [4.78, 5) is 27.7. The normalized spacial score (nSPS) is 8.62. The summed E-state index contributed by atoms with van der Waals surface area (Å²) in [6, 6.07) is 1.62. The maximum Gasteiger partial charge on any atom is 0.305 e. The number of aromatic nitrogens is 2. The smallest absolute Gasteiger partial charge is 0.305 e. The van der Waals surface area contributed by atoms with E-state index >= 15 is 0 Å². The number of methoxy groups -OCH3 is 1. The summed E-state index contributed by atoms with van der Waals surface area (Å²) < 4.78 is 4.35. The third-order valence-electron chi connectivity index (χ3n) is 1.47. The predicted molar refractivity (Wildman–Crippen MR) is 57.5 cm³/mol. The number of esters is 1. The van der Waals surface area contributed by atoms with Gasteiger partial charge >= 0.3 is 5.97 Å². The third-order valence-corrected chi connectivity index (χ3v) is 1.47. The molecule has 1 heterocycles. The average molecular weight is 225 g/mol. The van der Waals surface area contributed by atoms with E-state index in [-0.39, 0.29) is 11.8 Å². The lowest BCUT2D eigenvalue weighted by Gasteiger charge is -1.91. The first-order valence-corrected chi connectivity index (χ1v) is 4.75. The molecule has 16 heavy (non-hydrogen) atoms. The van der Waals surface area contributed by atoms with Crippen molar-refractivity contribution in [2.75, 3.05) is 7.11 Å². The van der Waals surface area contributed by atoms with E-state index in [2.05, 4.69) is 14.7 Å². The molecular weight excluding hydrogens is 210 g/mol. The van der Waals surface area contributed by atoms with Gasteiger partial charge in [0.1, 0.15) is 0 Å². The van der Waals surface area contributed by atoms with Gasteiger partial charge in [-0.3, -0.25) is 9.59 Å². The van der Waals surface area contributed by atoms with E-state index in [0.29, 0.717) is 6.42 Å². The van der Waals surface area contributed by atoms with Crippen LogP contribution in [0.25, 0.3) is 0 Å². The van der Waals surface area contributed by atoms with Gasteiger partial charge in [-0.2, -0.15) is 0 Å². The Balaban J connectivity index is 0.000000293. The lowest BCUT2D eigenvalue weighted by molar-refractivity contribution is -0.140. The number of nitrogens with zero attached hydrogens (tertiary/aromatic N) is 2. The first-order valence-electron chi connectivity index (χ1n) is 4.75. The van der Waals surface area contributed by atoms with Gasteiger partial charge in [0.2, 0.25) is 5.82 Å². The minimum absolute atomic E-state index is 0.0532. The molecule has 1 amide bonds. The van der Waals surface area contributed by atoms with E-state index in [1.807, 2.05) is 6.92 Å². The lowest BCUT2D eigenvalue weighted by Crippen LogP contribution is -2.14. The van der Waals surface area contributed by atoms with Gasteiger partial charge in [0.05, 0.1) is 7.11 Å². The van der Waals surface area contributed by atoms with E-state index in [4.69, 9.17) is 5.73 Å². The van der Waals surface area contributed by atoms with Crippen LogP contribution in [0.15, 0.2) is 18.5 Å². The zero-order valence-corrected chi connectivity index (χ0v) is 9.34. The van der Waals surface area contributed by atoms with Crippen LogP contribution in [0.4, 0.5) is 0 Å². The second-order valence-electron chi connectivity index (χ2n) is 2.76. The molecule has 0 saturated heterocycles. The Morgan fingerprint density at radius 3 is 2.19 bits per heavy atom. The van der Waals surface area contributed by atoms with Crippen molar-refractivity contribution < 1.29 is 14.3 Å². The number of rotatable bonds is 3. The third kappa shape index (κ3) is 6.47. The number of carbonyl (C=O) groups is 2. The molecule has 0 unspecified atom stereocenters. The molecule has 1 aromatic heterocycles. The van der Waals surface area contributed by atoms with E-state index < -0.39 is 5.91 Å². The van der Waals surface area contributed by atoms with E-state index in [1.165, 1.54) is 19.5 Å². The molecule has 0 aliphatic heterocycles. The summed E-state index contributed by atoms with van der Waals surface area (Å²) in [5.74, 6) is -0.671. The molecule has 1 aromatic rings. The Hall–Kier alpha value is -1.98. The van der Waals surface area contributed by atoms with Gasteiger partial charge in [0.25, 0.3) is 5.91 Å². The molecule has 0 aliphatic rings. The molecule has 0 spiro atoms. The Kier molecular flexibility index (Phi) is 7.31. The zero-order chi connectivity index (χ0) is 12.4. The summed E-state index contributed by atoms with van der Waals surface area (Å²) in [6.07, 6.45) is 4.34. The molecule has 0 saturated carbocycles. The Labute approximate surface area is 93.8 Å². The molecule has 88 valence electrons. The maximum atomic E-state index is 10.3. The Morgan fingerprint density at radius 2 is 1.94 bits per heavy atom. The molecule has 0 aliphatic carbocycles. The van der Waals surface area contributed by atoms with Gasteiger partial charge in [-0.05, 0) is 12.5 Å². The van der Waals surface area contributed by atoms with Gasteiger partial charge in [-0.1, -0.05) is 6.92 Å². The van der Waals surface area contributed by atoms with Crippen LogP contribution in [-0.2, 0) is 9.53 Å². The summed E-state index contributed by atoms with van der Waals surface area (Å²) in [6.45, 7) is 1.94. The molecule has 6 nitrogen and oxygen atoms in total. The van der Waals surface area contributed by atoms with Gasteiger partial charge in [0, 0.05) is 18.8 Å². The first kappa shape index (κ1) is 14.0. The van der Waals surface area contributed by atoms with Crippen LogP contribution < -0.4 is 5.73 Å². The maximum absolute atomic E-state index is 10.3. The SMILES string of the molecule is CCCC(=O)OC.NC(=O)c1ncccn1. The van der Waals surface area contributed by atoms with Gasteiger partial charge in [-0.25, -0.2) is 9.97 Å². The minimum Gasteiger partial charge on any atom is -0.469 e. The quantitative estimate of drug-likeness (QED) is 0.757. The molecule has 0 fully saturated rings. The average Bonchev–Trinajstić information content (AvgIpc) is 2.31. The van der Waals surface area contributed by atoms with Crippen molar-refractivity contribution in [3.8, 4) is 0 Å². The van der Waals surface area contributed by atoms with Crippen LogP contribution in [0.2, 0.25) is 0 Å². The topological polar surface area (TPSA) is 95.2 Å². The largest absolute Gasteiger partial charge is 0.469 e. The van der Waals surface area contributed by atoms with E-state index in [9.17, 15) is 9.59 Å². The highest BCUT2D eigenvalue weighted by molar-refractivity contribution is 5.88. The summed E-state index contributed by atoms with van der Waals surface area (Å²) in [7, 11) is 1.40. The minimum atomic E-state index is -0.601. The zero-order valence-electron chi connectivity index (χ0n) is 9.34. The molecule has 0 bridgehead atoms. The van der Waals surface area contributed by atoms with Crippen molar-refractivity contribution in [3.05, 3.63) is 24.3 Å². The fourth-order valence-corrected chi connectivity index (χ4v) is 0.733. The van der Waals surface area contributed by atoms with Crippen LogP contribution in [-0.4, -0.2) is 29.0 Å². The van der Waals surface area contributed by atoms with E-state index in [1.54, 1.807) is 6.07 Å². The van der Waals surface area contributed by atoms with E-state index in [0.717, 1.165) is 6.42 Å². The van der Waals surface area contributed by atoms with Gasteiger partial charge in [0.15, 0.2) is 0 Å². The number of primary amides is 1. The van der Waals surface area contributed by atoms with Crippen molar-refractivity contribution in [3.63, 3.8) is 0 Å². The standard InChI is InChI=1S/C5H5N3O.C5H10O2/c6-4(9)5-7-2-1-3-8-5;1-3-4-5(6)7-2/h1-3H,(H2,6,9);3-4H2,1-2H3. The van der Waals surface area contributed by atoms with Crippen molar-refractivity contribution >= 4 is 11.9 Å². The molecule has 6 heteroatoms. The number of nitrogens with two attached hydrogens (primary N) is 1. The molecular formula is C10H15N3O3. The fraction of sp³-hybridized carbons (Fsp3) is 0.400. The lowest BCUT2D eigenvalue weighted by atomic mass is 10.3. The first-order chi connectivity index (χ1) is 7.61. The number of carbonyl (C=O) groups excluding carboxylic acids is 2. The second kappa shape index (κ2) is 8.34. The molecule has 0 radical (unpaired) electrons. The Morgan fingerprint density at radius 1 is 1.38 bits per heavy atom. The molecule has 0 atom stereocenters. The van der Waals surface area contributed by atoms with Crippen LogP contribution in [0.5, 0.6) is 0 Å². The van der Waals surface area contributed by atoms with Crippen molar-refractivity contribution in [1.29, 1.82) is 0 Å². The van der Waals surface area contributed by atoms with Crippen LogP contribution in [0, 0.1) is 0 Å². The molecule has 2 N–H and O–H groups in total. The second-order valence-corrected chi connectivity index (χ2v) is 2.76. The monoisotopic (exact) mass is 225 g/mol. The number of ether oxygens (including phenoxy) is 1. The van der Waals surface area contributed by atoms with Crippen molar-refractivity contribution in [1.82, 2.24) is 9.97 Å². The molecule has 1 rings (SSSR count).